The van der Waals surface area contributed by atoms with Crippen molar-refractivity contribution in [1.82, 2.24) is 4.90 Å². The summed E-state index contributed by atoms with van der Waals surface area (Å²) in [5.74, 6) is 0.135. The van der Waals surface area contributed by atoms with Crippen LogP contribution in [0.2, 0.25) is 0 Å². The third-order valence-corrected chi connectivity index (χ3v) is 10.2. The fourth-order valence-corrected chi connectivity index (χ4v) is 6.53. The molecule has 1 amide bonds. The van der Waals surface area contributed by atoms with Crippen molar-refractivity contribution < 1.29 is 19.0 Å². The van der Waals surface area contributed by atoms with E-state index < -0.39 is 5.60 Å². The lowest BCUT2D eigenvalue weighted by molar-refractivity contribution is -0.153. The highest BCUT2D eigenvalue weighted by Gasteiger charge is 2.27. The normalized spacial score (nSPS) is 12.2. The van der Waals surface area contributed by atoms with E-state index >= 15 is 0 Å². The van der Waals surface area contributed by atoms with Gasteiger partial charge in [0.15, 0.2) is 0 Å². The molecule has 0 aliphatic rings. The van der Waals surface area contributed by atoms with E-state index in [4.69, 9.17) is 14.2 Å². The lowest BCUT2D eigenvalue weighted by Crippen LogP contribution is -2.41. The summed E-state index contributed by atoms with van der Waals surface area (Å²) in [4.78, 5) is 15.5. The molecular weight excluding hydrogens is 606 g/mol. The van der Waals surface area contributed by atoms with Gasteiger partial charge in [-0.15, -0.1) is 0 Å². The van der Waals surface area contributed by atoms with E-state index in [1.165, 1.54) is 167 Å². The number of methoxy groups -OCH3 is 1. The van der Waals surface area contributed by atoms with Crippen LogP contribution in [0.15, 0.2) is 0 Å². The third kappa shape index (κ3) is 34.2. The summed E-state index contributed by atoms with van der Waals surface area (Å²) in [5, 5.41) is 0. The molecule has 0 aliphatic carbocycles. The highest BCUT2D eigenvalue weighted by molar-refractivity contribution is 5.77. The van der Waals surface area contributed by atoms with Crippen LogP contribution in [0, 0.1) is 0 Å². The first-order valence-electron chi connectivity index (χ1n) is 21.7. The van der Waals surface area contributed by atoms with Crippen molar-refractivity contribution in [3.05, 3.63) is 0 Å². The Morgan fingerprint density at radius 3 is 1.12 bits per heavy atom. The number of ether oxygens (including phenoxy) is 3. The first-order chi connectivity index (χ1) is 23.7. The Kier molecular flexibility index (Phi) is 34.0. The SMILES string of the molecule is CCCCCCCCCCCCCCCCN(CCCCCCCCCCCCCCCC)C(=O)COC(C)(C)COC(C)(C)CCOC. The maximum atomic E-state index is 13.4. The molecule has 0 heterocycles. The Morgan fingerprint density at radius 2 is 0.796 bits per heavy atom. The average molecular weight is 696 g/mol. The van der Waals surface area contributed by atoms with Gasteiger partial charge in [-0.3, -0.25) is 4.79 Å². The molecule has 0 saturated carbocycles. The van der Waals surface area contributed by atoms with E-state index in [0.717, 1.165) is 32.4 Å². The van der Waals surface area contributed by atoms with E-state index in [1.54, 1.807) is 7.11 Å². The second-order valence-corrected chi connectivity index (χ2v) is 16.4. The standard InChI is InChI=1S/C44H89NO4/c1-8-10-12-14-16-18-20-22-24-26-28-30-32-34-37-45(38-35-33-31-29-27-25-23-21-19-17-15-13-11-9-2)42(46)40-48-44(5,6)41-49-43(3,4)36-39-47-7/h8-41H2,1-7H3. The smallest absolute Gasteiger partial charge is 0.248 e. The van der Waals surface area contributed by atoms with E-state index in [-0.39, 0.29) is 18.1 Å². The number of carbonyl (C=O) groups excluding carboxylic acids is 1. The summed E-state index contributed by atoms with van der Waals surface area (Å²) in [6.45, 7) is 15.8. The highest BCUT2D eigenvalue weighted by Crippen LogP contribution is 2.20. The quantitative estimate of drug-likeness (QED) is 0.0601. The zero-order valence-electron chi connectivity index (χ0n) is 34.6. The number of rotatable bonds is 39. The van der Waals surface area contributed by atoms with Crippen LogP contribution in [0.25, 0.3) is 0 Å². The van der Waals surface area contributed by atoms with Crippen LogP contribution in [0.4, 0.5) is 0 Å². The Balaban J connectivity index is 4.39. The zero-order valence-corrected chi connectivity index (χ0v) is 34.6. The Morgan fingerprint density at radius 1 is 0.469 bits per heavy atom. The van der Waals surface area contributed by atoms with Gasteiger partial charge in [0.2, 0.25) is 5.91 Å². The predicted molar refractivity (Wildman–Crippen MR) is 214 cm³/mol. The average Bonchev–Trinajstić information content (AvgIpc) is 3.08. The summed E-state index contributed by atoms with van der Waals surface area (Å²) >= 11 is 0. The molecule has 0 aromatic heterocycles. The molecule has 0 aliphatic heterocycles. The Hall–Kier alpha value is -0.650. The molecule has 5 nitrogen and oxygen atoms in total. The minimum absolute atomic E-state index is 0.131. The van der Waals surface area contributed by atoms with Crippen molar-refractivity contribution in [2.75, 3.05) is 40.0 Å². The molecule has 0 N–H and O–H groups in total. The molecule has 0 unspecified atom stereocenters. The maximum Gasteiger partial charge on any atom is 0.248 e. The first kappa shape index (κ1) is 48.3. The van der Waals surface area contributed by atoms with Crippen molar-refractivity contribution in [2.45, 2.75) is 239 Å². The summed E-state index contributed by atoms with van der Waals surface area (Å²) < 4.78 is 17.6. The summed E-state index contributed by atoms with van der Waals surface area (Å²) in [6.07, 6.45) is 38.8. The molecule has 0 bridgehead atoms. The molecule has 0 saturated heterocycles. The topological polar surface area (TPSA) is 48.0 Å². The molecule has 49 heavy (non-hydrogen) atoms. The molecule has 0 atom stereocenters. The monoisotopic (exact) mass is 696 g/mol. The van der Waals surface area contributed by atoms with Crippen LogP contribution in [-0.2, 0) is 19.0 Å². The number of carbonyl (C=O) groups is 1. The maximum absolute atomic E-state index is 13.4. The van der Waals surface area contributed by atoms with Crippen LogP contribution in [-0.4, -0.2) is 62.0 Å². The summed E-state index contributed by atoms with van der Waals surface area (Å²) in [5.41, 5.74) is -0.801. The van der Waals surface area contributed by atoms with Gasteiger partial charge in [-0.25, -0.2) is 0 Å². The summed E-state index contributed by atoms with van der Waals surface area (Å²) in [7, 11) is 1.72. The molecule has 0 fully saturated rings. The molecule has 0 radical (unpaired) electrons. The zero-order chi connectivity index (χ0) is 36.3. The number of hydrogen-bond acceptors (Lipinski definition) is 4. The van der Waals surface area contributed by atoms with Gasteiger partial charge >= 0.3 is 0 Å². The van der Waals surface area contributed by atoms with Crippen LogP contribution < -0.4 is 0 Å². The molecule has 0 aromatic rings. The molecule has 0 rings (SSSR count). The van der Waals surface area contributed by atoms with Crippen molar-refractivity contribution in [2.24, 2.45) is 0 Å². The van der Waals surface area contributed by atoms with Gasteiger partial charge in [-0.05, 0) is 47.0 Å². The van der Waals surface area contributed by atoms with Gasteiger partial charge in [0, 0.05) is 26.8 Å². The van der Waals surface area contributed by atoms with Crippen LogP contribution >= 0.6 is 0 Å². The first-order valence-corrected chi connectivity index (χ1v) is 21.7. The molecule has 0 aromatic carbocycles. The van der Waals surface area contributed by atoms with Gasteiger partial charge < -0.3 is 19.1 Å². The predicted octanol–water partition coefficient (Wildman–Crippen LogP) is 13.4. The molecular formula is C44H89NO4. The van der Waals surface area contributed by atoms with Crippen LogP contribution in [0.5, 0.6) is 0 Å². The van der Waals surface area contributed by atoms with E-state index in [9.17, 15) is 4.79 Å². The fraction of sp³-hybridized carbons (Fsp3) is 0.977. The summed E-state index contributed by atoms with van der Waals surface area (Å²) in [6, 6.07) is 0. The van der Waals surface area contributed by atoms with Crippen LogP contribution in [0.3, 0.4) is 0 Å². The van der Waals surface area contributed by atoms with Gasteiger partial charge in [0.25, 0.3) is 0 Å². The van der Waals surface area contributed by atoms with Crippen molar-refractivity contribution in [1.29, 1.82) is 0 Å². The molecule has 0 spiro atoms. The van der Waals surface area contributed by atoms with Crippen molar-refractivity contribution in [3.63, 3.8) is 0 Å². The lowest BCUT2D eigenvalue weighted by atomic mass is 10.0. The number of nitrogens with zero attached hydrogens (tertiary/aromatic N) is 1. The van der Waals surface area contributed by atoms with E-state index in [1.807, 2.05) is 13.8 Å². The van der Waals surface area contributed by atoms with Crippen LogP contribution in [0.1, 0.15) is 228 Å². The Labute approximate surface area is 308 Å². The number of hydrogen-bond donors (Lipinski definition) is 0. The minimum Gasteiger partial charge on any atom is -0.385 e. The van der Waals surface area contributed by atoms with Gasteiger partial charge in [-0.1, -0.05) is 181 Å². The van der Waals surface area contributed by atoms with E-state index in [0.29, 0.717) is 13.2 Å². The second kappa shape index (κ2) is 34.4. The largest absolute Gasteiger partial charge is 0.385 e. The van der Waals surface area contributed by atoms with Gasteiger partial charge in [0.1, 0.15) is 6.61 Å². The minimum atomic E-state index is -0.518. The Bertz CT molecular complexity index is 662. The lowest BCUT2D eigenvalue weighted by Gasteiger charge is -2.32. The molecule has 5 heteroatoms. The third-order valence-electron chi connectivity index (χ3n) is 10.2. The van der Waals surface area contributed by atoms with Gasteiger partial charge in [-0.2, -0.15) is 0 Å². The number of amides is 1. The highest BCUT2D eigenvalue weighted by atomic mass is 16.6. The van der Waals surface area contributed by atoms with Crippen molar-refractivity contribution >= 4 is 5.91 Å². The molecule has 294 valence electrons. The van der Waals surface area contributed by atoms with Gasteiger partial charge in [0.05, 0.1) is 17.8 Å². The van der Waals surface area contributed by atoms with Crippen molar-refractivity contribution in [3.8, 4) is 0 Å². The number of unbranched alkanes of at least 4 members (excludes halogenated alkanes) is 26. The van der Waals surface area contributed by atoms with E-state index in [2.05, 4.69) is 32.6 Å². The second-order valence-electron chi connectivity index (χ2n) is 16.4. The fourth-order valence-electron chi connectivity index (χ4n) is 6.53.